The molecule has 2 N–H and O–H groups in total. The first kappa shape index (κ1) is 71.3. The molecular formula is C16H32O56P2. The lowest BCUT2D eigenvalue weighted by Crippen LogP contribution is -2.18. The largest absolute Gasteiger partial charge is 0.527 e. The standard InChI is InChI=1S/C16H32O56P2/c1-15(2,3)7-8-21-29-33-37-41-45-49-53-57-61-65-69-70-66-62-58-54-50-46-42-38-34-30-22-9-12-25-73(17,18)26-13-10-23-31-35-39-43-47-51-55-59-63-67-71-72-68-64-60-56-52-48-44-40-36-32-24-11-14-27-74(19,20)28-16(4,5)6/h7-8,10,13H,9,11-12,14H2,1-6H3,(H,17,18)(H,19,20)/b8-7-,13-10-. The second-order valence-corrected chi connectivity index (χ2v) is 13.5. The van der Waals surface area contributed by atoms with Gasteiger partial charge in [0, 0.05) is 141 Å². The van der Waals surface area contributed by atoms with Crippen molar-refractivity contribution >= 4 is 15.6 Å². The zero-order valence-electron chi connectivity index (χ0n) is 36.0. The van der Waals surface area contributed by atoms with E-state index >= 15 is 0 Å². The van der Waals surface area contributed by atoms with Crippen LogP contribution in [0.1, 0.15) is 41.5 Å². The zero-order valence-corrected chi connectivity index (χ0v) is 37.8. The summed E-state index contributed by atoms with van der Waals surface area (Å²) in [6.45, 7) is 8.03. The molecule has 0 aliphatic carbocycles. The predicted molar refractivity (Wildman–Crippen MR) is 153 cm³/mol. The highest BCUT2D eigenvalue weighted by atomic mass is 31.2. The number of phosphoric ester groups is 2. The van der Waals surface area contributed by atoms with Gasteiger partial charge in [0.05, 0.1) is 18.8 Å². The van der Waals surface area contributed by atoms with E-state index in [1.807, 2.05) is 20.8 Å². The molecule has 0 aromatic heterocycles. The third-order valence-corrected chi connectivity index (χ3v) is 5.69. The summed E-state index contributed by atoms with van der Waals surface area (Å²) < 4.78 is 41.2. The highest BCUT2D eigenvalue weighted by Crippen LogP contribution is 2.47. The normalized spacial score (nSPS) is 14.1. The summed E-state index contributed by atoms with van der Waals surface area (Å²) in [7, 11) is -9.08. The fourth-order valence-corrected chi connectivity index (χ4v) is 3.39. The maximum atomic E-state index is 11.6. The topological polar surface area (TPSA) is 555 Å². The molecule has 2 atom stereocenters. The zero-order chi connectivity index (χ0) is 54.4. The monoisotopic (exact) mass is 1180 g/mol. The minimum Gasteiger partial charge on any atom is -0.409 e. The van der Waals surface area contributed by atoms with Crippen molar-refractivity contribution in [3.63, 3.8) is 0 Å². The van der Waals surface area contributed by atoms with Crippen molar-refractivity contribution in [2.24, 2.45) is 5.41 Å². The smallest absolute Gasteiger partial charge is 0.409 e. The summed E-state index contributed by atoms with van der Waals surface area (Å²) in [6.07, 6.45) is 3.61. The first-order chi connectivity index (χ1) is 35.6. The molecule has 58 heteroatoms. The summed E-state index contributed by atoms with van der Waals surface area (Å²) in [5, 5.41) is 160. The average molecular weight is 1180 g/mol. The molecule has 2 unspecified atom stereocenters. The van der Waals surface area contributed by atoms with Crippen molar-refractivity contribution in [3.05, 3.63) is 24.9 Å². The van der Waals surface area contributed by atoms with Crippen molar-refractivity contribution in [3.8, 4) is 0 Å². The van der Waals surface area contributed by atoms with E-state index in [4.69, 9.17) is 4.52 Å². The molecule has 0 amide bonds. The van der Waals surface area contributed by atoms with E-state index in [1.165, 1.54) is 20.8 Å². The molecule has 0 saturated carbocycles. The molecule has 0 aliphatic rings. The van der Waals surface area contributed by atoms with Gasteiger partial charge in [-0.15, -0.1) is 0 Å². The van der Waals surface area contributed by atoms with Crippen molar-refractivity contribution in [1.29, 1.82) is 0 Å². The Morgan fingerprint density at radius 1 is 0.311 bits per heavy atom. The molecule has 0 fully saturated rings. The minimum atomic E-state index is -4.75. The van der Waals surface area contributed by atoms with Crippen LogP contribution in [0.25, 0.3) is 0 Å². The van der Waals surface area contributed by atoms with Gasteiger partial charge in [0.15, 0.2) is 6.26 Å². The van der Waals surface area contributed by atoms with E-state index in [-0.39, 0.29) is 5.41 Å². The highest BCUT2D eigenvalue weighted by molar-refractivity contribution is 7.47. The Hall–Kier alpha value is -2.70. The summed E-state index contributed by atoms with van der Waals surface area (Å²) >= 11 is 0. The van der Waals surface area contributed by atoms with Gasteiger partial charge in [0.1, 0.15) is 25.7 Å². The molecule has 0 bridgehead atoms. The van der Waals surface area contributed by atoms with Gasteiger partial charge in [0.2, 0.25) is 0 Å². The van der Waals surface area contributed by atoms with Crippen molar-refractivity contribution in [2.75, 3.05) is 26.4 Å². The Labute approximate surface area is 398 Å². The van der Waals surface area contributed by atoms with Gasteiger partial charge >= 0.3 is 15.6 Å². The second kappa shape index (κ2) is 51.1. The van der Waals surface area contributed by atoms with Crippen molar-refractivity contribution in [2.45, 2.75) is 47.1 Å². The van der Waals surface area contributed by atoms with Crippen LogP contribution in [0.5, 0.6) is 0 Å². The molecule has 56 nitrogen and oxygen atoms in total. The lowest BCUT2D eigenvalue weighted by atomic mass is 9.97. The van der Waals surface area contributed by atoms with E-state index < -0.39 is 47.7 Å². The molecule has 0 rings (SSSR count). The quantitative estimate of drug-likeness (QED) is 0.0282. The molecule has 442 valence electrons. The molecule has 74 heavy (non-hydrogen) atoms. The van der Waals surface area contributed by atoms with Crippen molar-refractivity contribution < 1.29 is 278 Å². The highest BCUT2D eigenvalue weighted by Gasteiger charge is 2.28. The molecule has 0 radical (unpaired) electrons. The first-order valence-electron chi connectivity index (χ1n) is 16.2. The molecule has 0 heterocycles. The number of rotatable bonds is 59. The fourth-order valence-electron chi connectivity index (χ4n) is 1.77. The number of allylic oxidation sites excluding steroid dienone is 1. The Morgan fingerprint density at radius 3 is 0.824 bits per heavy atom. The van der Waals surface area contributed by atoms with Crippen LogP contribution < -0.4 is 0 Å². The third-order valence-electron chi connectivity index (χ3n) is 3.50. The van der Waals surface area contributed by atoms with Crippen LogP contribution >= 0.6 is 15.6 Å². The molecule has 0 aromatic carbocycles. The van der Waals surface area contributed by atoms with Gasteiger partial charge < -0.3 is 19.2 Å². The lowest BCUT2D eigenvalue weighted by Gasteiger charge is -2.22. The lowest BCUT2D eigenvalue weighted by molar-refractivity contribution is -0.899. The van der Waals surface area contributed by atoms with Gasteiger partial charge in [-0.3, -0.25) is 18.5 Å². The second-order valence-electron chi connectivity index (χ2n) is 10.7. The minimum absolute atomic E-state index is 0.188. The average Bonchev–Trinajstić information content (AvgIpc) is 3.33. The van der Waals surface area contributed by atoms with E-state index in [0.29, 0.717) is 12.5 Å². The number of hydrogen-bond acceptors (Lipinski definition) is 54. The van der Waals surface area contributed by atoms with Gasteiger partial charge in [-0.1, -0.05) is 20.8 Å². The maximum absolute atomic E-state index is 11.6. The first-order valence-corrected chi connectivity index (χ1v) is 19.2. The molecule has 0 saturated heterocycles. The Balaban J connectivity index is 3.30. The Morgan fingerprint density at radius 2 is 0.554 bits per heavy atom. The van der Waals surface area contributed by atoms with Crippen LogP contribution in [-0.4, -0.2) is 41.8 Å². The predicted octanol–water partition coefficient (Wildman–Crippen LogP) is 0.970. The van der Waals surface area contributed by atoms with Crippen LogP contribution in [0, 0.1) is 5.41 Å². The van der Waals surface area contributed by atoms with E-state index in [2.05, 4.69) is 255 Å². The number of hydrogen-bond donors (Lipinski definition) is 2. The summed E-state index contributed by atoms with van der Waals surface area (Å²) in [5.41, 5.74) is -1.14. The summed E-state index contributed by atoms with van der Waals surface area (Å²) in [6, 6.07) is 0. The maximum Gasteiger partial charge on any atom is 0.527 e. The van der Waals surface area contributed by atoms with E-state index in [0.717, 1.165) is 6.26 Å². The molecular weight excluding hydrogens is 1150 g/mol. The fraction of sp³-hybridized carbons (Fsp3) is 0.750. The van der Waals surface area contributed by atoms with Crippen LogP contribution in [-0.2, 0) is 268 Å². The van der Waals surface area contributed by atoms with Gasteiger partial charge in [0.25, 0.3) is 0 Å². The third kappa shape index (κ3) is 61.8. The van der Waals surface area contributed by atoms with E-state index in [1.54, 1.807) is 6.08 Å². The van der Waals surface area contributed by atoms with Gasteiger partial charge in [-0.2, -0.15) is 0 Å². The Bertz CT molecular complexity index is 1330. The van der Waals surface area contributed by atoms with Crippen LogP contribution in [0.4, 0.5) is 0 Å². The molecule has 0 aromatic rings. The molecule has 0 spiro atoms. The van der Waals surface area contributed by atoms with Crippen LogP contribution in [0.2, 0.25) is 0 Å². The van der Waals surface area contributed by atoms with E-state index in [9.17, 15) is 18.9 Å². The van der Waals surface area contributed by atoms with Gasteiger partial charge in [-0.05, 0) is 113 Å². The van der Waals surface area contributed by atoms with Gasteiger partial charge in [-0.25, -0.2) is 18.9 Å². The summed E-state index contributed by atoms with van der Waals surface area (Å²) in [5.74, 6) is 0. The summed E-state index contributed by atoms with van der Waals surface area (Å²) in [4.78, 5) is 35.8. The Kier molecular flexibility index (Phi) is 49.2. The van der Waals surface area contributed by atoms with Crippen LogP contribution in [0.3, 0.4) is 0 Å². The number of phosphoric acid groups is 2. The van der Waals surface area contributed by atoms with Crippen molar-refractivity contribution in [1.82, 2.24) is 0 Å². The SMILES string of the molecule is CC(C)(C)/C=C\OOOOOOOOOOOOOOOOOOOOOOOOCCOP(=O)(O)O/C=C\OOOOOOOOOOOOOOOOOOOOOOOOCCOP(=O)(O)OC(C)(C)C. The molecule has 0 aliphatic heterocycles. The van der Waals surface area contributed by atoms with Crippen LogP contribution in [0.15, 0.2) is 24.9 Å².